The highest BCUT2D eigenvalue weighted by atomic mass is 16.4. The molecule has 4 N–H and O–H groups in total. The van der Waals surface area contributed by atoms with E-state index in [0.717, 1.165) is 12.4 Å². The van der Waals surface area contributed by atoms with Crippen LogP contribution < -0.4 is 10.6 Å². The van der Waals surface area contributed by atoms with Gasteiger partial charge in [-0.25, -0.2) is 0 Å². The summed E-state index contributed by atoms with van der Waals surface area (Å²) < 4.78 is 0. The van der Waals surface area contributed by atoms with Crippen LogP contribution >= 0.6 is 0 Å². The highest BCUT2D eigenvalue weighted by Crippen LogP contribution is 2.33. The average Bonchev–Trinajstić information content (AvgIpc) is 2.56. The lowest BCUT2D eigenvalue weighted by atomic mass is 10.0. The summed E-state index contributed by atoms with van der Waals surface area (Å²) in [6, 6.07) is 13.9. The van der Waals surface area contributed by atoms with Gasteiger partial charge in [-0.1, -0.05) is 46.7 Å². The Labute approximate surface area is 137 Å². The van der Waals surface area contributed by atoms with Gasteiger partial charge in [0.05, 0.1) is 0 Å². The molecule has 0 unspecified atom stereocenters. The van der Waals surface area contributed by atoms with Gasteiger partial charge in [-0.2, -0.15) is 0 Å². The van der Waals surface area contributed by atoms with E-state index in [1.807, 2.05) is 0 Å². The number of oxime groups is 2. The van der Waals surface area contributed by atoms with Crippen molar-refractivity contribution < 1.29 is 20.0 Å². The first-order chi connectivity index (χ1) is 11.7. The molecule has 8 nitrogen and oxygen atoms in total. The first-order valence-corrected chi connectivity index (χ1v) is 6.81. The Hall–Kier alpha value is -3.68. The number of hydrogen-bond acceptors (Lipinski definition) is 6. The summed E-state index contributed by atoms with van der Waals surface area (Å²) in [5.41, 5.74) is 2.24. The van der Waals surface area contributed by atoms with Crippen LogP contribution in [-0.2, 0) is 9.59 Å². The zero-order valence-corrected chi connectivity index (χ0v) is 12.4. The van der Waals surface area contributed by atoms with E-state index in [-0.39, 0.29) is 0 Å². The normalized spacial score (nSPS) is 10.8. The second-order valence-electron chi connectivity index (χ2n) is 4.56. The van der Waals surface area contributed by atoms with Crippen LogP contribution in [0.3, 0.4) is 0 Å². The molecule has 2 aromatic rings. The number of carbonyl (C=O) groups is 2. The Morgan fingerprint density at radius 1 is 0.750 bits per heavy atom. The molecular weight excluding hydrogens is 312 g/mol. The second-order valence-corrected chi connectivity index (χ2v) is 4.56. The fourth-order valence-corrected chi connectivity index (χ4v) is 2.09. The Morgan fingerprint density at radius 3 is 1.50 bits per heavy atom. The van der Waals surface area contributed by atoms with Crippen molar-refractivity contribution in [1.82, 2.24) is 0 Å². The highest BCUT2D eigenvalue weighted by molar-refractivity contribution is 6.33. The lowest BCUT2D eigenvalue weighted by Gasteiger charge is -2.14. The zero-order chi connectivity index (χ0) is 17.4. The van der Waals surface area contributed by atoms with Gasteiger partial charge >= 0.3 is 0 Å². The summed E-state index contributed by atoms with van der Waals surface area (Å²) in [4.78, 5) is 23.2. The van der Waals surface area contributed by atoms with Gasteiger partial charge in [0.1, 0.15) is 12.4 Å². The number of hydrogen-bond donors (Lipinski definition) is 4. The molecule has 0 heterocycles. The van der Waals surface area contributed by atoms with Gasteiger partial charge in [-0.05, 0) is 12.1 Å². The van der Waals surface area contributed by atoms with Crippen molar-refractivity contribution in [3.05, 3.63) is 48.5 Å². The summed E-state index contributed by atoms with van der Waals surface area (Å²) in [5.74, 6) is -1.20. The molecule has 2 rings (SSSR count). The average molecular weight is 326 g/mol. The molecule has 0 fully saturated rings. The summed E-state index contributed by atoms with van der Waals surface area (Å²) in [7, 11) is 0. The molecule has 0 atom stereocenters. The molecule has 0 radical (unpaired) electrons. The molecule has 2 aromatic carbocycles. The maximum absolute atomic E-state index is 11.6. The first kappa shape index (κ1) is 16.7. The van der Waals surface area contributed by atoms with Crippen molar-refractivity contribution in [2.75, 3.05) is 10.6 Å². The van der Waals surface area contributed by atoms with Crippen LogP contribution in [0.2, 0.25) is 0 Å². The fourth-order valence-electron chi connectivity index (χ4n) is 2.09. The van der Waals surface area contributed by atoms with Crippen molar-refractivity contribution in [3.8, 4) is 11.1 Å². The number of nitrogens with one attached hydrogen (secondary N) is 2. The highest BCUT2D eigenvalue weighted by Gasteiger charge is 2.12. The molecule has 0 spiro atoms. The van der Waals surface area contributed by atoms with Crippen LogP contribution in [0, 0.1) is 0 Å². The first-order valence-electron chi connectivity index (χ1n) is 6.81. The fraction of sp³-hybridized carbons (Fsp3) is 0. The molecule has 0 aliphatic rings. The monoisotopic (exact) mass is 326 g/mol. The maximum atomic E-state index is 11.6. The maximum Gasteiger partial charge on any atom is 0.270 e. The molecule has 2 amide bonds. The molecule has 0 saturated heterocycles. The minimum Gasteiger partial charge on any atom is -0.411 e. The van der Waals surface area contributed by atoms with Crippen LogP contribution in [0.15, 0.2) is 58.8 Å². The summed E-state index contributed by atoms with van der Waals surface area (Å²) in [5, 5.41) is 27.4. The number of benzene rings is 2. The minimum atomic E-state index is -0.598. The van der Waals surface area contributed by atoms with Gasteiger partial charge in [0, 0.05) is 22.5 Å². The zero-order valence-electron chi connectivity index (χ0n) is 12.4. The number of anilines is 2. The summed E-state index contributed by atoms with van der Waals surface area (Å²) in [6.45, 7) is 0. The van der Waals surface area contributed by atoms with E-state index in [0.29, 0.717) is 22.5 Å². The number of para-hydroxylation sites is 2. The van der Waals surface area contributed by atoms with E-state index < -0.39 is 11.8 Å². The van der Waals surface area contributed by atoms with Gasteiger partial charge in [0.25, 0.3) is 11.8 Å². The molecule has 0 saturated carbocycles. The molecule has 122 valence electrons. The lowest BCUT2D eigenvalue weighted by Crippen LogP contribution is -2.15. The molecule has 0 aliphatic carbocycles. The van der Waals surface area contributed by atoms with Crippen molar-refractivity contribution >= 4 is 35.6 Å². The number of carbonyl (C=O) groups excluding carboxylic acids is 2. The van der Waals surface area contributed by atoms with Gasteiger partial charge in [0.15, 0.2) is 0 Å². The number of nitrogens with zero attached hydrogens (tertiary/aromatic N) is 2. The second kappa shape index (κ2) is 8.08. The number of rotatable bonds is 5. The number of amides is 2. The van der Waals surface area contributed by atoms with Crippen LogP contribution in [0.25, 0.3) is 11.1 Å². The van der Waals surface area contributed by atoms with E-state index in [1.165, 1.54) is 0 Å². The largest absolute Gasteiger partial charge is 0.411 e. The smallest absolute Gasteiger partial charge is 0.270 e. The van der Waals surface area contributed by atoms with E-state index >= 15 is 0 Å². The van der Waals surface area contributed by atoms with Crippen molar-refractivity contribution in [1.29, 1.82) is 0 Å². The molecule has 0 aromatic heterocycles. The molecule has 0 aliphatic heterocycles. The van der Waals surface area contributed by atoms with Crippen molar-refractivity contribution in [2.24, 2.45) is 10.3 Å². The van der Waals surface area contributed by atoms with Crippen molar-refractivity contribution in [3.63, 3.8) is 0 Å². The lowest BCUT2D eigenvalue weighted by molar-refractivity contribution is -0.110. The predicted molar refractivity (Wildman–Crippen MR) is 89.7 cm³/mol. The van der Waals surface area contributed by atoms with Gasteiger partial charge in [0.2, 0.25) is 0 Å². The van der Waals surface area contributed by atoms with E-state index in [1.54, 1.807) is 48.5 Å². The Kier molecular flexibility index (Phi) is 5.62. The third-order valence-electron chi connectivity index (χ3n) is 3.01. The molecule has 0 bridgehead atoms. The predicted octanol–water partition coefficient (Wildman–Crippen LogP) is 2.15. The van der Waals surface area contributed by atoms with Crippen LogP contribution in [0.1, 0.15) is 0 Å². The third-order valence-corrected chi connectivity index (χ3v) is 3.01. The quantitative estimate of drug-likeness (QED) is 0.382. The van der Waals surface area contributed by atoms with Crippen LogP contribution in [0.5, 0.6) is 0 Å². The Bertz CT molecular complexity index is 735. The SMILES string of the molecule is O=C(C=NO)Nc1ccccc1-c1ccccc1NC(=O)C=NO. The molecule has 8 heteroatoms. The van der Waals surface area contributed by atoms with Crippen LogP contribution in [0.4, 0.5) is 11.4 Å². The van der Waals surface area contributed by atoms with E-state index in [4.69, 9.17) is 10.4 Å². The summed E-state index contributed by atoms with van der Waals surface area (Å²) in [6.07, 6.45) is 1.48. The van der Waals surface area contributed by atoms with Gasteiger partial charge < -0.3 is 21.0 Å². The molecular formula is C16H14N4O4. The Balaban J connectivity index is 2.42. The molecule has 24 heavy (non-hydrogen) atoms. The van der Waals surface area contributed by atoms with Gasteiger partial charge in [-0.15, -0.1) is 0 Å². The Morgan fingerprint density at radius 2 is 1.12 bits per heavy atom. The minimum absolute atomic E-state index is 0.472. The van der Waals surface area contributed by atoms with Crippen LogP contribution in [-0.4, -0.2) is 34.7 Å². The van der Waals surface area contributed by atoms with Crippen molar-refractivity contribution in [2.45, 2.75) is 0 Å². The standard InChI is InChI=1S/C16H14N4O4/c21-15(9-17-23)19-13-7-3-1-5-11(13)12-6-2-4-8-14(12)20-16(22)10-18-24/h1-10,23-24H,(H,19,21)(H,20,22). The van der Waals surface area contributed by atoms with E-state index in [9.17, 15) is 9.59 Å². The summed E-state index contributed by atoms with van der Waals surface area (Å²) >= 11 is 0. The van der Waals surface area contributed by atoms with E-state index in [2.05, 4.69) is 20.9 Å². The van der Waals surface area contributed by atoms with Gasteiger partial charge in [-0.3, -0.25) is 9.59 Å². The topological polar surface area (TPSA) is 123 Å². The third kappa shape index (κ3) is 4.17.